The van der Waals surface area contributed by atoms with E-state index in [9.17, 15) is 0 Å². The SMILES string of the molecule is CNC(C1=CCCO1)C1CSCCO1. The maximum absolute atomic E-state index is 5.74. The highest BCUT2D eigenvalue weighted by molar-refractivity contribution is 7.99. The number of likely N-dealkylation sites (N-methyl/N-ethyl adjacent to an activating group) is 1. The van der Waals surface area contributed by atoms with Crippen LogP contribution in [0.4, 0.5) is 0 Å². The van der Waals surface area contributed by atoms with Crippen molar-refractivity contribution < 1.29 is 9.47 Å². The van der Waals surface area contributed by atoms with E-state index in [-0.39, 0.29) is 12.1 Å². The van der Waals surface area contributed by atoms with E-state index in [1.54, 1.807) is 0 Å². The van der Waals surface area contributed by atoms with Crippen LogP contribution in [0.25, 0.3) is 0 Å². The zero-order valence-corrected chi connectivity index (χ0v) is 9.31. The van der Waals surface area contributed by atoms with Crippen LogP contribution in [0.5, 0.6) is 0 Å². The second-order valence-corrected chi connectivity index (χ2v) is 4.64. The lowest BCUT2D eigenvalue weighted by Gasteiger charge is -2.30. The standard InChI is InChI=1S/C10H17NO2S/c1-11-10(8-3-2-4-12-8)9-7-14-6-5-13-9/h3,9-11H,2,4-7H2,1H3. The molecule has 2 rings (SSSR count). The maximum atomic E-state index is 5.74. The van der Waals surface area contributed by atoms with Crippen molar-refractivity contribution in [3.05, 3.63) is 11.8 Å². The Morgan fingerprint density at radius 2 is 2.50 bits per heavy atom. The van der Waals surface area contributed by atoms with Crippen LogP contribution < -0.4 is 5.32 Å². The van der Waals surface area contributed by atoms with Crippen molar-refractivity contribution in [2.24, 2.45) is 0 Å². The summed E-state index contributed by atoms with van der Waals surface area (Å²) in [6.45, 7) is 1.69. The summed E-state index contributed by atoms with van der Waals surface area (Å²) in [4.78, 5) is 0. The Morgan fingerprint density at radius 3 is 3.07 bits per heavy atom. The number of thioether (sulfide) groups is 1. The van der Waals surface area contributed by atoms with Crippen LogP contribution >= 0.6 is 11.8 Å². The quantitative estimate of drug-likeness (QED) is 0.761. The molecule has 0 bridgehead atoms. The van der Waals surface area contributed by atoms with Crippen molar-refractivity contribution in [3.8, 4) is 0 Å². The van der Waals surface area contributed by atoms with E-state index in [0.29, 0.717) is 0 Å². The van der Waals surface area contributed by atoms with Crippen LogP contribution in [0.1, 0.15) is 6.42 Å². The molecule has 0 aliphatic carbocycles. The van der Waals surface area contributed by atoms with Gasteiger partial charge in [-0.05, 0) is 13.1 Å². The smallest absolute Gasteiger partial charge is 0.112 e. The third-order valence-electron chi connectivity index (χ3n) is 2.56. The third kappa shape index (κ3) is 2.24. The molecule has 0 spiro atoms. The Morgan fingerprint density at radius 1 is 1.57 bits per heavy atom. The van der Waals surface area contributed by atoms with E-state index in [1.165, 1.54) is 0 Å². The number of ether oxygens (including phenoxy) is 2. The second-order valence-electron chi connectivity index (χ2n) is 3.49. The van der Waals surface area contributed by atoms with Crippen LogP contribution in [-0.2, 0) is 9.47 Å². The van der Waals surface area contributed by atoms with Gasteiger partial charge in [-0.25, -0.2) is 0 Å². The summed E-state index contributed by atoms with van der Waals surface area (Å²) in [5, 5.41) is 3.28. The molecule has 0 saturated carbocycles. The van der Waals surface area contributed by atoms with Gasteiger partial charge in [0.25, 0.3) is 0 Å². The van der Waals surface area contributed by atoms with Crippen LogP contribution in [0, 0.1) is 0 Å². The Labute approximate surface area is 89.2 Å². The molecule has 0 aromatic heterocycles. The zero-order chi connectivity index (χ0) is 9.80. The first-order chi connectivity index (χ1) is 6.92. The highest BCUT2D eigenvalue weighted by Crippen LogP contribution is 2.22. The summed E-state index contributed by atoms with van der Waals surface area (Å²) in [7, 11) is 1.97. The zero-order valence-electron chi connectivity index (χ0n) is 8.49. The van der Waals surface area contributed by atoms with Gasteiger partial charge in [0.1, 0.15) is 5.76 Å². The Balaban J connectivity index is 1.96. The second kappa shape index (κ2) is 5.05. The number of hydrogen-bond donors (Lipinski definition) is 1. The van der Waals surface area contributed by atoms with Gasteiger partial charge in [-0.3, -0.25) is 0 Å². The lowest BCUT2D eigenvalue weighted by molar-refractivity contribution is 0.0423. The van der Waals surface area contributed by atoms with Gasteiger partial charge in [-0.2, -0.15) is 11.8 Å². The molecule has 14 heavy (non-hydrogen) atoms. The first kappa shape index (κ1) is 10.3. The molecule has 1 saturated heterocycles. The van der Waals surface area contributed by atoms with Crippen molar-refractivity contribution in [2.75, 3.05) is 31.8 Å². The molecule has 0 amide bonds. The molecule has 80 valence electrons. The van der Waals surface area contributed by atoms with Gasteiger partial charge in [0.15, 0.2) is 0 Å². The molecule has 0 aromatic carbocycles. The highest BCUT2D eigenvalue weighted by atomic mass is 32.2. The topological polar surface area (TPSA) is 30.5 Å². The lowest BCUT2D eigenvalue weighted by atomic mass is 10.1. The largest absolute Gasteiger partial charge is 0.496 e. The molecule has 1 fully saturated rings. The molecule has 2 unspecified atom stereocenters. The van der Waals surface area contributed by atoms with Gasteiger partial charge in [0, 0.05) is 17.9 Å². The van der Waals surface area contributed by atoms with Gasteiger partial charge in [0.05, 0.1) is 25.4 Å². The Bertz CT molecular complexity index is 214. The van der Waals surface area contributed by atoms with Crippen LogP contribution in [0.2, 0.25) is 0 Å². The summed E-state index contributed by atoms with van der Waals surface area (Å²) in [5.74, 6) is 3.25. The number of nitrogens with one attached hydrogen (secondary N) is 1. The maximum Gasteiger partial charge on any atom is 0.112 e. The molecule has 0 radical (unpaired) electrons. The van der Waals surface area contributed by atoms with E-state index >= 15 is 0 Å². The summed E-state index contributed by atoms with van der Waals surface area (Å²) in [6.07, 6.45) is 3.47. The Hall–Kier alpha value is -0.190. The van der Waals surface area contributed by atoms with E-state index in [1.807, 2.05) is 18.8 Å². The first-order valence-corrected chi connectivity index (χ1v) is 6.27. The molecule has 2 aliphatic rings. The van der Waals surface area contributed by atoms with Crippen molar-refractivity contribution in [3.63, 3.8) is 0 Å². The summed E-state index contributed by atoms with van der Waals surface area (Å²) < 4.78 is 11.3. The van der Waals surface area contributed by atoms with E-state index < -0.39 is 0 Å². The molecular formula is C10H17NO2S. The summed E-state index contributed by atoms with van der Waals surface area (Å²) in [6, 6.07) is 0.241. The summed E-state index contributed by atoms with van der Waals surface area (Å²) in [5.41, 5.74) is 0. The average Bonchev–Trinajstić information content (AvgIpc) is 2.74. The van der Waals surface area contributed by atoms with Gasteiger partial charge in [-0.1, -0.05) is 0 Å². The molecule has 1 N–H and O–H groups in total. The highest BCUT2D eigenvalue weighted by Gasteiger charge is 2.28. The molecule has 4 heteroatoms. The monoisotopic (exact) mass is 215 g/mol. The van der Waals surface area contributed by atoms with E-state index in [0.717, 1.165) is 36.9 Å². The molecule has 2 aliphatic heterocycles. The van der Waals surface area contributed by atoms with Gasteiger partial charge in [-0.15, -0.1) is 0 Å². The molecule has 2 atom stereocenters. The molecule has 0 aromatic rings. The fourth-order valence-corrected chi connectivity index (χ4v) is 2.77. The Kier molecular flexibility index (Phi) is 3.73. The molecular weight excluding hydrogens is 198 g/mol. The van der Waals surface area contributed by atoms with Gasteiger partial charge >= 0.3 is 0 Å². The van der Waals surface area contributed by atoms with Crippen molar-refractivity contribution in [1.82, 2.24) is 5.32 Å². The number of rotatable bonds is 3. The van der Waals surface area contributed by atoms with E-state index in [2.05, 4.69) is 11.4 Å². The first-order valence-electron chi connectivity index (χ1n) is 5.11. The van der Waals surface area contributed by atoms with Crippen LogP contribution in [0.15, 0.2) is 11.8 Å². The van der Waals surface area contributed by atoms with Crippen LogP contribution in [-0.4, -0.2) is 43.9 Å². The molecule has 2 heterocycles. The lowest BCUT2D eigenvalue weighted by Crippen LogP contribution is -2.44. The average molecular weight is 215 g/mol. The minimum Gasteiger partial charge on any atom is -0.496 e. The van der Waals surface area contributed by atoms with E-state index in [4.69, 9.17) is 9.47 Å². The minimum absolute atomic E-state index is 0.241. The third-order valence-corrected chi connectivity index (χ3v) is 3.58. The van der Waals surface area contributed by atoms with Gasteiger partial charge < -0.3 is 14.8 Å². The predicted octanol–water partition coefficient (Wildman–Crippen LogP) is 1.01. The van der Waals surface area contributed by atoms with Crippen molar-refractivity contribution in [1.29, 1.82) is 0 Å². The normalized spacial score (nSPS) is 29.5. The minimum atomic E-state index is 0.241. The van der Waals surface area contributed by atoms with Crippen molar-refractivity contribution >= 4 is 11.8 Å². The number of hydrogen-bond acceptors (Lipinski definition) is 4. The fourth-order valence-electron chi connectivity index (χ4n) is 1.86. The van der Waals surface area contributed by atoms with Crippen LogP contribution in [0.3, 0.4) is 0 Å². The fraction of sp³-hybridized carbons (Fsp3) is 0.800. The molecule has 3 nitrogen and oxygen atoms in total. The summed E-state index contributed by atoms with van der Waals surface area (Å²) >= 11 is 1.96. The van der Waals surface area contributed by atoms with Crippen molar-refractivity contribution in [2.45, 2.75) is 18.6 Å². The van der Waals surface area contributed by atoms with Gasteiger partial charge in [0.2, 0.25) is 0 Å². The predicted molar refractivity (Wildman–Crippen MR) is 58.6 cm³/mol.